The lowest BCUT2D eigenvalue weighted by atomic mass is 10.1. The second-order valence-corrected chi connectivity index (χ2v) is 5.03. The standard InChI is InChI=1S/C19H22O4/c1-4-18(20)22-14-17(23-19(21)15(2)3)13-9-8-12-16-10-6-5-7-11-16/h4-8,10-12,17H,1-2,9,13-14H2,3H3. The van der Waals surface area contributed by atoms with Crippen molar-refractivity contribution in [2.45, 2.75) is 25.9 Å². The Morgan fingerprint density at radius 2 is 1.96 bits per heavy atom. The lowest BCUT2D eigenvalue weighted by Gasteiger charge is -2.17. The van der Waals surface area contributed by atoms with Crippen LogP contribution in [0.25, 0.3) is 6.08 Å². The molecule has 0 aliphatic carbocycles. The first-order valence-corrected chi connectivity index (χ1v) is 7.40. The van der Waals surface area contributed by atoms with Crippen molar-refractivity contribution in [2.75, 3.05) is 6.61 Å². The Bertz CT molecular complexity index is 572. The zero-order chi connectivity index (χ0) is 17.1. The molecule has 4 heteroatoms. The van der Waals surface area contributed by atoms with E-state index in [-0.39, 0.29) is 6.61 Å². The van der Waals surface area contributed by atoms with E-state index in [9.17, 15) is 9.59 Å². The Hall–Kier alpha value is -2.62. The fourth-order valence-electron chi connectivity index (χ4n) is 1.73. The minimum Gasteiger partial charge on any atom is -0.459 e. The van der Waals surface area contributed by atoms with E-state index >= 15 is 0 Å². The van der Waals surface area contributed by atoms with E-state index in [1.807, 2.05) is 42.5 Å². The molecule has 0 aromatic heterocycles. The van der Waals surface area contributed by atoms with Crippen LogP contribution in [-0.4, -0.2) is 24.6 Å². The van der Waals surface area contributed by atoms with Crippen molar-refractivity contribution in [1.82, 2.24) is 0 Å². The third-order valence-electron chi connectivity index (χ3n) is 2.97. The van der Waals surface area contributed by atoms with Crippen molar-refractivity contribution in [3.8, 4) is 0 Å². The van der Waals surface area contributed by atoms with E-state index in [1.165, 1.54) is 0 Å². The fraction of sp³-hybridized carbons (Fsp3) is 0.263. The normalized spacial score (nSPS) is 11.7. The van der Waals surface area contributed by atoms with Gasteiger partial charge in [0.25, 0.3) is 0 Å². The average Bonchev–Trinajstić information content (AvgIpc) is 2.56. The quantitative estimate of drug-likeness (QED) is 0.515. The molecule has 0 N–H and O–H groups in total. The summed E-state index contributed by atoms with van der Waals surface area (Å²) < 4.78 is 10.2. The molecule has 0 radical (unpaired) electrons. The molecule has 0 spiro atoms. The molecular weight excluding hydrogens is 292 g/mol. The molecule has 0 saturated carbocycles. The van der Waals surface area contributed by atoms with Crippen LogP contribution in [0, 0.1) is 0 Å². The van der Waals surface area contributed by atoms with Crippen LogP contribution in [0.1, 0.15) is 25.3 Å². The number of rotatable bonds is 9. The van der Waals surface area contributed by atoms with E-state index in [1.54, 1.807) is 6.92 Å². The van der Waals surface area contributed by atoms with E-state index in [2.05, 4.69) is 13.2 Å². The number of allylic oxidation sites excluding steroid dienone is 1. The maximum atomic E-state index is 11.6. The summed E-state index contributed by atoms with van der Waals surface area (Å²) >= 11 is 0. The molecule has 1 rings (SSSR count). The lowest BCUT2D eigenvalue weighted by molar-refractivity contribution is -0.153. The van der Waals surface area contributed by atoms with Crippen LogP contribution in [0.4, 0.5) is 0 Å². The first-order chi connectivity index (χ1) is 11.0. The molecule has 0 fully saturated rings. The summed E-state index contributed by atoms with van der Waals surface area (Å²) in [6.45, 7) is 8.45. The summed E-state index contributed by atoms with van der Waals surface area (Å²) in [6, 6.07) is 9.89. The van der Waals surface area contributed by atoms with E-state index < -0.39 is 18.0 Å². The topological polar surface area (TPSA) is 52.6 Å². The molecule has 1 aromatic carbocycles. The Morgan fingerprint density at radius 3 is 2.57 bits per heavy atom. The monoisotopic (exact) mass is 314 g/mol. The van der Waals surface area contributed by atoms with Crippen LogP contribution in [0.3, 0.4) is 0 Å². The van der Waals surface area contributed by atoms with Gasteiger partial charge in [-0.25, -0.2) is 9.59 Å². The highest BCUT2D eigenvalue weighted by atomic mass is 16.6. The summed E-state index contributed by atoms with van der Waals surface area (Å²) in [5.74, 6) is -1.03. The Morgan fingerprint density at radius 1 is 1.26 bits per heavy atom. The first-order valence-electron chi connectivity index (χ1n) is 7.40. The third kappa shape index (κ3) is 7.81. The van der Waals surface area contributed by atoms with Crippen LogP contribution >= 0.6 is 0 Å². The van der Waals surface area contributed by atoms with E-state index in [4.69, 9.17) is 9.47 Å². The van der Waals surface area contributed by atoms with Gasteiger partial charge in [0.15, 0.2) is 0 Å². The van der Waals surface area contributed by atoms with Crippen LogP contribution in [0.15, 0.2) is 61.2 Å². The van der Waals surface area contributed by atoms with Gasteiger partial charge < -0.3 is 9.47 Å². The number of carbonyl (C=O) groups is 2. The Balaban J connectivity index is 2.52. The van der Waals surface area contributed by atoms with Gasteiger partial charge in [-0.1, -0.05) is 55.6 Å². The molecule has 1 aromatic rings. The minimum atomic E-state index is -0.541. The summed E-state index contributed by atoms with van der Waals surface area (Å²) in [5.41, 5.74) is 1.41. The van der Waals surface area contributed by atoms with Crippen molar-refractivity contribution in [1.29, 1.82) is 0 Å². The lowest BCUT2D eigenvalue weighted by Crippen LogP contribution is -2.25. The first kappa shape index (κ1) is 18.4. The molecule has 0 heterocycles. The SMILES string of the molecule is C=CC(=O)OCC(CCC=Cc1ccccc1)OC(=O)C(=C)C. The third-order valence-corrected chi connectivity index (χ3v) is 2.97. The maximum Gasteiger partial charge on any atom is 0.333 e. The van der Waals surface area contributed by atoms with Crippen LogP contribution in [0.2, 0.25) is 0 Å². The van der Waals surface area contributed by atoms with Crippen molar-refractivity contribution in [2.24, 2.45) is 0 Å². The molecule has 1 unspecified atom stereocenters. The van der Waals surface area contributed by atoms with Gasteiger partial charge in [0.2, 0.25) is 0 Å². The Labute approximate surface area is 137 Å². The average molecular weight is 314 g/mol. The number of benzene rings is 1. The summed E-state index contributed by atoms with van der Waals surface area (Å²) in [5, 5.41) is 0. The van der Waals surface area contributed by atoms with Gasteiger partial charge in [0.05, 0.1) is 0 Å². The van der Waals surface area contributed by atoms with Crippen LogP contribution in [0.5, 0.6) is 0 Å². The molecule has 0 bridgehead atoms. The molecule has 0 amide bonds. The number of ether oxygens (including phenoxy) is 2. The second kappa shape index (κ2) is 10.2. The van der Waals surface area contributed by atoms with Gasteiger partial charge in [-0.15, -0.1) is 0 Å². The van der Waals surface area contributed by atoms with Gasteiger partial charge in [-0.2, -0.15) is 0 Å². The van der Waals surface area contributed by atoms with Gasteiger partial charge in [0, 0.05) is 11.6 Å². The van der Waals surface area contributed by atoms with Gasteiger partial charge in [-0.3, -0.25) is 0 Å². The number of carbonyl (C=O) groups excluding carboxylic acids is 2. The highest BCUT2D eigenvalue weighted by molar-refractivity contribution is 5.87. The van der Waals surface area contributed by atoms with E-state index in [0.29, 0.717) is 18.4 Å². The van der Waals surface area contributed by atoms with Crippen molar-refractivity contribution in [3.05, 3.63) is 66.8 Å². The molecule has 122 valence electrons. The van der Waals surface area contributed by atoms with Gasteiger partial charge in [0.1, 0.15) is 12.7 Å². The second-order valence-electron chi connectivity index (χ2n) is 5.03. The molecular formula is C19H22O4. The highest BCUT2D eigenvalue weighted by Crippen LogP contribution is 2.09. The smallest absolute Gasteiger partial charge is 0.333 e. The molecule has 0 saturated heterocycles. The molecule has 23 heavy (non-hydrogen) atoms. The van der Waals surface area contributed by atoms with Crippen LogP contribution in [-0.2, 0) is 19.1 Å². The predicted molar refractivity (Wildman–Crippen MR) is 90.6 cm³/mol. The highest BCUT2D eigenvalue weighted by Gasteiger charge is 2.16. The summed E-state index contributed by atoms with van der Waals surface area (Å²) in [6.07, 6.45) is 5.79. The van der Waals surface area contributed by atoms with E-state index in [0.717, 1.165) is 11.6 Å². The summed E-state index contributed by atoms with van der Waals surface area (Å²) in [7, 11) is 0. The zero-order valence-electron chi connectivity index (χ0n) is 13.4. The summed E-state index contributed by atoms with van der Waals surface area (Å²) in [4.78, 5) is 22.8. The maximum absolute atomic E-state index is 11.6. The molecule has 0 aliphatic heterocycles. The van der Waals surface area contributed by atoms with Crippen molar-refractivity contribution >= 4 is 18.0 Å². The molecule has 4 nitrogen and oxygen atoms in total. The number of hydrogen-bond acceptors (Lipinski definition) is 4. The number of esters is 2. The van der Waals surface area contributed by atoms with Crippen LogP contribution < -0.4 is 0 Å². The molecule has 1 atom stereocenters. The zero-order valence-corrected chi connectivity index (χ0v) is 13.4. The van der Waals surface area contributed by atoms with Gasteiger partial charge in [-0.05, 0) is 25.3 Å². The number of hydrogen-bond donors (Lipinski definition) is 0. The fourth-order valence-corrected chi connectivity index (χ4v) is 1.73. The largest absolute Gasteiger partial charge is 0.459 e. The van der Waals surface area contributed by atoms with Crippen molar-refractivity contribution in [3.63, 3.8) is 0 Å². The van der Waals surface area contributed by atoms with Crippen molar-refractivity contribution < 1.29 is 19.1 Å². The minimum absolute atomic E-state index is 0.00303. The predicted octanol–water partition coefficient (Wildman–Crippen LogP) is 3.70. The Kier molecular flexibility index (Phi) is 8.14. The molecule has 0 aliphatic rings. The van der Waals surface area contributed by atoms with Gasteiger partial charge >= 0.3 is 11.9 Å².